The van der Waals surface area contributed by atoms with Gasteiger partial charge in [-0.3, -0.25) is 4.79 Å². The fourth-order valence-electron chi connectivity index (χ4n) is 2.51. The van der Waals surface area contributed by atoms with Gasteiger partial charge in [-0.25, -0.2) is 0 Å². The summed E-state index contributed by atoms with van der Waals surface area (Å²) in [4.78, 5) is 11.8. The van der Waals surface area contributed by atoms with Crippen molar-refractivity contribution in [3.8, 4) is 5.75 Å². The summed E-state index contributed by atoms with van der Waals surface area (Å²) in [7, 11) is 0. The molecule has 21 heavy (non-hydrogen) atoms. The van der Waals surface area contributed by atoms with Crippen molar-refractivity contribution in [2.75, 3.05) is 6.61 Å². The van der Waals surface area contributed by atoms with Crippen molar-refractivity contribution in [1.29, 1.82) is 0 Å². The highest BCUT2D eigenvalue weighted by Crippen LogP contribution is 2.19. The van der Waals surface area contributed by atoms with Gasteiger partial charge in [0.05, 0.1) is 18.8 Å². The van der Waals surface area contributed by atoms with Crippen LogP contribution in [0.15, 0.2) is 28.7 Å². The molecule has 1 saturated carbocycles. The molecular weight excluding hydrogens is 334 g/mol. The summed E-state index contributed by atoms with van der Waals surface area (Å²) < 4.78 is 6.59. The van der Waals surface area contributed by atoms with Gasteiger partial charge in [0.15, 0.2) is 0 Å². The van der Waals surface area contributed by atoms with Crippen molar-refractivity contribution in [1.82, 2.24) is 5.32 Å². The topological polar surface area (TPSA) is 58.6 Å². The molecule has 0 radical (unpaired) electrons. The molecule has 0 heterocycles. The van der Waals surface area contributed by atoms with Crippen molar-refractivity contribution < 1.29 is 14.6 Å². The van der Waals surface area contributed by atoms with Gasteiger partial charge in [-0.1, -0.05) is 28.8 Å². The second-order valence-electron chi connectivity index (χ2n) is 5.43. The van der Waals surface area contributed by atoms with E-state index in [2.05, 4.69) is 21.2 Å². The van der Waals surface area contributed by atoms with E-state index in [0.717, 1.165) is 35.9 Å². The maximum absolute atomic E-state index is 11.8. The molecule has 5 heteroatoms. The Morgan fingerprint density at radius 2 is 2.00 bits per heavy atom. The average Bonchev–Trinajstić information content (AvgIpc) is 2.48. The zero-order chi connectivity index (χ0) is 15.1. The van der Waals surface area contributed by atoms with Crippen LogP contribution in [0.4, 0.5) is 0 Å². The number of carbonyl (C=O) groups is 1. The molecule has 1 aromatic rings. The van der Waals surface area contributed by atoms with E-state index in [0.29, 0.717) is 19.4 Å². The predicted molar refractivity (Wildman–Crippen MR) is 85.3 cm³/mol. The summed E-state index contributed by atoms with van der Waals surface area (Å²) in [6.45, 7) is 0.516. The standard InChI is InChI=1S/C16H22BrNO3/c17-12-7-9-13(10-8-12)21-11-3-6-16(20)18-14-4-1-2-5-15(14)19/h7-10,14-15,19H,1-6,11H2,(H,18,20)/t14-,15-/m1/s1. The highest BCUT2D eigenvalue weighted by Gasteiger charge is 2.24. The van der Waals surface area contributed by atoms with Crippen molar-refractivity contribution in [3.63, 3.8) is 0 Å². The van der Waals surface area contributed by atoms with Gasteiger partial charge in [-0.15, -0.1) is 0 Å². The van der Waals surface area contributed by atoms with Crippen LogP contribution < -0.4 is 10.1 Å². The fourth-order valence-corrected chi connectivity index (χ4v) is 2.78. The third-order valence-electron chi connectivity index (χ3n) is 3.71. The lowest BCUT2D eigenvalue weighted by Gasteiger charge is -2.28. The summed E-state index contributed by atoms with van der Waals surface area (Å²) in [5, 5.41) is 12.7. The van der Waals surface area contributed by atoms with Gasteiger partial charge in [0.2, 0.25) is 5.91 Å². The summed E-state index contributed by atoms with van der Waals surface area (Å²) in [6.07, 6.45) is 4.51. The first-order valence-corrected chi connectivity index (χ1v) is 8.30. The Hall–Kier alpha value is -1.07. The quantitative estimate of drug-likeness (QED) is 0.771. The van der Waals surface area contributed by atoms with Crippen molar-refractivity contribution in [2.45, 2.75) is 50.7 Å². The van der Waals surface area contributed by atoms with Crippen LogP contribution >= 0.6 is 15.9 Å². The Morgan fingerprint density at radius 1 is 1.29 bits per heavy atom. The van der Waals surface area contributed by atoms with Crippen LogP contribution in [-0.4, -0.2) is 29.8 Å². The molecule has 0 bridgehead atoms. The Bertz CT molecular complexity index is 449. The van der Waals surface area contributed by atoms with Gasteiger partial charge in [-0.05, 0) is 43.5 Å². The van der Waals surface area contributed by atoms with Gasteiger partial charge in [0, 0.05) is 10.9 Å². The maximum Gasteiger partial charge on any atom is 0.220 e. The predicted octanol–water partition coefficient (Wildman–Crippen LogP) is 3.03. The van der Waals surface area contributed by atoms with E-state index in [9.17, 15) is 9.90 Å². The largest absolute Gasteiger partial charge is 0.494 e. The van der Waals surface area contributed by atoms with Crippen LogP contribution in [-0.2, 0) is 4.79 Å². The smallest absolute Gasteiger partial charge is 0.220 e. The number of aliphatic hydroxyl groups excluding tert-OH is 1. The number of hydrogen-bond acceptors (Lipinski definition) is 3. The van der Waals surface area contributed by atoms with E-state index >= 15 is 0 Å². The number of halogens is 1. The molecule has 1 aliphatic carbocycles. The molecule has 0 aromatic heterocycles. The lowest BCUT2D eigenvalue weighted by atomic mass is 9.92. The molecule has 0 spiro atoms. The molecule has 2 N–H and O–H groups in total. The minimum Gasteiger partial charge on any atom is -0.494 e. The van der Waals surface area contributed by atoms with Crippen LogP contribution in [0, 0.1) is 0 Å². The lowest BCUT2D eigenvalue weighted by molar-refractivity contribution is -0.123. The van der Waals surface area contributed by atoms with E-state index in [1.165, 1.54) is 0 Å². The van der Waals surface area contributed by atoms with Gasteiger partial charge in [0.1, 0.15) is 5.75 Å². The molecule has 1 fully saturated rings. The van der Waals surface area contributed by atoms with E-state index < -0.39 is 0 Å². The number of aliphatic hydroxyl groups is 1. The molecule has 116 valence electrons. The van der Waals surface area contributed by atoms with Crippen LogP contribution in [0.2, 0.25) is 0 Å². The van der Waals surface area contributed by atoms with E-state index in [-0.39, 0.29) is 18.1 Å². The number of benzene rings is 1. The van der Waals surface area contributed by atoms with Crippen LogP contribution in [0.1, 0.15) is 38.5 Å². The summed E-state index contributed by atoms with van der Waals surface area (Å²) >= 11 is 3.37. The number of carbonyl (C=O) groups excluding carboxylic acids is 1. The second-order valence-corrected chi connectivity index (χ2v) is 6.35. The monoisotopic (exact) mass is 355 g/mol. The first kappa shape index (κ1) is 16.3. The zero-order valence-electron chi connectivity index (χ0n) is 12.1. The van der Waals surface area contributed by atoms with Gasteiger partial charge in [0.25, 0.3) is 0 Å². The molecule has 0 saturated heterocycles. The molecule has 0 unspecified atom stereocenters. The van der Waals surface area contributed by atoms with E-state index in [4.69, 9.17) is 4.74 Å². The number of rotatable bonds is 6. The van der Waals surface area contributed by atoms with Gasteiger partial charge >= 0.3 is 0 Å². The molecular formula is C16H22BrNO3. The SMILES string of the molecule is O=C(CCCOc1ccc(Br)cc1)N[C@@H]1CCCC[C@H]1O. The van der Waals surface area contributed by atoms with Crippen LogP contribution in [0.5, 0.6) is 5.75 Å². The van der Waals surface area contributed by atoms with E-state index in [1.54, 1.807) is 0 Å². The minimum absolute atomic E-state index is 0.000330. The molecule has 2 rings (SSSR count). The first-order valence-electron chi connectivity index (χ1n) is 7.51. The minimum atomic E-state index is -0.387. The van der Waals surface area contributed by atoms with Crippen LogP contribution in [0.3, 0.4) is 0 Å². The normalized spacial score (nSPS) is 21.8. The molecule has 1 amide bonds. The summed E-state index contributed by atoms with van der Waals surface area (Å²) in [5.74, 6) is 0.807. The highest BCUT2D eigenvalue weighted by atomic mass is 79.9. The average molecular weight is 356 g/mol. The molecule has 1 aliphatic rings. The Balaban J connectivity index is 1.61. The number of ether oxygens (including phenoxy) is 1. The zero-order valence-corrected chi connectivity index (χ0v) is 13.6. The van der Waals surface area contributed by atoms with Crippen molar-refractivity contribution in [3.05, 3.63) is 28.7 Å². The molecule has 2 atom stereocenters. The number of nitrogens with one attached hydrogen (secondary N) is 1. The van der Waals surface area contributed by atoms with E-state index in [1.807, 2.05) is 24.3 Å². The molecule has 4 nitrogen and oxygen atoms in total. The van der Waals surface area contributed by atoms with Crippen molar-refractivity contribution in [2.24, 2.45) is 0 Å². The highest BCUT2D eigenvalue weighted by molar-refractivity contribution is 9.10. The first-order chi connectivity index (χ1) is 10.1. The molecule has 0 aliphatic heterocycles. The lowest BCUT2D eigenvalue weighted by Crippen LogP contribution is -2.45. The Kier molecular flexibility index (Phi) is 6.51. The van der Waals surface area contributed by atoms with Crippen LogP contribution in [0.25, 0.3) is 0 Å². The third-order valence-corrected chi connectivity index (χ3v) is 4.24. The van der Waals surface area contributed by atoms with Gasteiger partial charge < -0.3 is 15.2 Å². The van der Waals surface area contributed by atoms with Gasteiger partial charge in [-0.2, -0.15) is 0 Å². The Labute approximate surface area is 134 Å². The van der Waals surface area contributed by atoms with Crippen molar-refractivity contribution >= 4 is 21.8 Å². The fraction of sp³-hybridized carbons (Fsp3) is 0.562. The second kappa shape index (κ2) is 8.39. The summed E-state index contributed by atoms with van der Waals surface area (Å²) in [5.41, 5.74) is 0. The number of amides is 1. The number of hydrogen-bond donors (Lipinski definition) is 2. The maximum atomic E-state index is 11.8. The summed E-state index contributed by atoms with van der Waals surface area (Å²) in [6, 6.07) is 7.56. The Morgan fingerprint density at radius 3 is 2.71 bits per heavy atom. The molecule has 1 aromatic carbocycles. The third kappa shape index (κ3) is 5.67.